The summed E-state index contributed by atoms with van der Waals surface area (Å²) in [6.07, 6.45) is 0.714. The molecule has 0 radical (unpaired) electrons. The SMILES string of the molecule is Br.Br.N=C(N)SCCc1cc(Cl)ccc1Sc1ccc(F)cc1CSC(=N)N. The van der Waals surface area contributed by atoms with E-state index in [0.29, 0.717) is 22.9 Å². The first-order valence-corrected chi connectivity index (χ1v) is 10.7. The quantitative estimate of drug-likeness (QED) is 0.231. The zero-order chi connectivity index (χ0) is 19.1. The zero-order valence-corrected chi connectivity index (χ0v) is 21.2. The highest BCUT2D eigenvalue weighted by Gasteiger charge is 2.11. The topological polar surface area (TPSA) is 99.7 Å². The summed E-state index contributed by atoms with van der Waals surface area (Å²) in [5.74, 6) is 0.792. The standard InChI is InChI=1S/C17H18ClFN4S3.2BrH/c18-12-1-3-14(10(7-12)5-6-24-16(20)21)26-15-4-2-13(19)8-11(15)9-25-17(22)23;;/h1-4,7-8H,5-6,9H2,(H3,20,21)(H3,22,23);2*1H. The van der Waals surface area contributed by atoms with Gasteiger partial charge in [0.05, 0.1) is 0 Å². The Morgan fingerprint density at radius 2 is 1.54 bits per heavy atom. The van der Waals surface area contributed by atoms with E-state index < -0.39 is 0 Å². The van der Waals surface area contributed by atoms with Crippen molar-refractivity contribution < 1.29 is 4.39 Å². The number of aryl methyl sites for hydroxylation is 1. The number of hydrogen-bond acceptors (Lipinski definition) is 5. The van der Waals surface area contributed by atoms with Gasteiger partial charge in [0, 0.05) is 26.3 Å². The van der Waals surface area contributed by atoms with Crippen LogP contribution in [-0.4, -0.2) is 16.1 Å². The third-order valence-electron chi connectivity index (χ3n) is 3.28. The fraction of sp³-hybridized carbons (Fsp3) is 0.176. The van der Waals surface area contributed by atoms with Crippen LogP contribution in [0.25, 0.3) is 0 Å². The van der Waals surface area contributed by atoms with Gasteiger partial charge >= 0.3 is 0 Å². The van der Waals surface area contributed by atoms with Crippen LogP contribution in [0.3, 0.4) is 0 Å². The van der Waals surface area contributed by atoms with E-state index in [2.05, 4.69) is 0 Å². The molecule has 0 bridgehead atoms. The predicted molar refractivity (Wildman–Crippen MR) is 134 cm³/mol. The lowest BCUT2D eigenvalue weighted by Crippen LogP contribution is -2.05. The fourth-order valence-corrected chi connectivity index (χ4v) is 4.59. The van der Waals surface area contributed by atoms with Crippen LogP contribution >= 0.6 is 80.8 Å². The molecule has 0 unspecified atom stereocenters. The Bertz CT molecular complexity index is 827. The van der Waals surface area contributed by atoms with Crippen molar-refractivity contribution in [2.24, 2.45) is 11.5 Å². The number of thioether (sulfide) groups is 2. The first-order chi connectivity index (χ1) is 12.3. The number of nitrogens with two attached hydrogens (primary N) is 2. The monoisotopic (exact) mass is 588 g/mol. The Labute approximate surface area is 202 Å². The van der Waals surface area contributed by atoms with Crippen molar-refractivity contribution in [3.05, 3.63) is 58.4 Å². The summed E-state index contributed by atoms with van der Waals surface area (Å²) in [4.78, 5) is 1.92. The lowest BCUT2D eigenvalue weighted by atomic mass is 10.2. The molecule has 2 rings (SSSR count). The molecule has 0 atom stereocenters. The van der Waals surface area contributed by atoms with Crippen molar-refractivity contribution in [3.63, 3.8) is 0 Å². The minimum atomic E-state index is -0.317. The molecule has 28 heavy (non-hydrogen) atoms. The van der Waals surface area contributed by atoms with Gasteiger partial charge in [-0.25, -0.2) is 4.39 Å². The maximum Gasteiger partial charge on any atom is 0.151 e. The van der Waals surface area contributed by atoms with Crippen molar-refractivity contribution in [1.82, 2.24) is 0 Å². The van der Waals surface area contributed by atoms with Gasteiger partial charge in [0.1, 0.15) is 5.82 Å². The molecule has 0 spiro atoms. The number of halogens is 4. The normalized spacial score (nSPS) is 9.93. The van der Waals surface area contributed by atoms with Crippen molar-refractivity contribution in [2.45, 2.75) is 22.0 Å². The molecule has 0 aliphatic rings. The molecule has 0 amide bonds. The predicted octanol–water partition coefficient (Wildman–Crippen LogP) is 6.08. The van der Waals surface area contributed by atoms with Gasteiger partial charge in [-0.3, -0.25) is 10.8 Å². The maximum atomic E-state index is 13.6. The van der Waals surface area contributed by atoms with Gasteiger partial charge in [-0.05, 0) is 53.9 Å². The summed E-state index contributed by atoms with van der Waals surface area (Å²) in [6.45, 7) is 0. The maximum absolute atomic E-state index is 13.6. The summed E-state index contributed by atoms with van der Waals surface area (Å²) in [6, 6.07) is 10.3. The van der Waals surface area contributed by atoms with Crippen molar-refractivity contribution in [1.29, 1.82) is 10.8 Å². The van der Waals surface area contributed by atoms with Gasteiger partial charge in [-0.15, -0.1) is 34.0 Å². The second kappa shape index (κ2) is 13.8. The van der Waals surface area contributed by atoms with E-state index in [-0.39, 0.29) is 50.1 Å². The highest BCUT2D eigenvalue weighted by molar-refractivity contribution is 8.93. The van der Waals surface area contributed by atoms with Crippen molar-refractivity contribution in [3.8, 4) is 0 Å². The Morgan fingerprint density at radius 3 is 2.18 bits per heavy atom. The van der Waals surface area contributed by atoms with Crippen molar-refractivity contribution in [2.75, 3.05) is 5.75 Å². The van der Waals surface area contributed by atoms with E-state index in [4.69, 9.17) is 33.9 Å². The summed E-state index contributed by atoms with van der Waals surface area (Å²) in [5.41, 5.74) is 12.6. The van der Waals surface area contributed by atoms with E-state index in [1.165, 1.54) is 35.7 Å². The molecule has 2 aromatic carbocycles. The number of benzene rings is 2. The highest BCUT2D eigenvalue weighted by Crippen LogP contribution is 2.36. The molecule has 0 saturated heterocycles. The average molecular weight is 591 g/mol. The Balaban J connectivity index is 0.00000364. The number of hydrogen-bond donors (Lipinski definition) is 4. The van der Waals surface area contributed by atoms with Crippen LogP contribution in [-0.2, 0) is 12.2 Å². The van der Waals surface area contributed by atoms with Crippen LogP contribution in [0, 0.1) is 16.6 Å². The second-order valence-electron chi connectivity index (χ2n) is 5.22. The van der Waals surface area contributed by atoms with E-state index in [9.17, 15) is 4.39 Å². The molecular weight excluding hydrogens is 571 g/mol. The largest absolute Gasteiger partial charge is 0.379 e. The van der Waals surface area contributed by atoms with Gasteiger partial charge < -0.3 is 11.5 Å². The summed E-state index contributed by atoms with van der Waals surface area (Å²) in [7, 11) is 0. The molecule has 6 N–H and O–H groups in total. The second-order valence-corrected chi connectivity index (χ2v) is 8.90. The molecule has 0 fully saturated rings. The summed E-state index contributed by atoms with van der Waals surface area (Å²) in [5, 5.41) is 15.4. The molecule has 0 saturated carbocycles. The van der Waals surface area contributed by atoms with Gasteiger partial charge in [-0.2, -0.15) is 0 Å². The minimum Gasteiger partial charge on any atom is -0.379 e. The van der Waals surface area contributed by atoms with Gasteiger partial charge in [0.15, 0.2) is 10.3 Å². The van der Waals surface area contributed by atoms with Gasteiger partial charge in [0.25, 0.3) is 0 Å². The van der Waals surface area contributed by atoms with E-state index in [0.717, 1.165) is 32.7 Å². The molecule has 0 heterocycles. The summed E-state index contributed by atoms with van der Waals surface area (Å²) >= 11 is 10.1. The van der Waals surface area contributed by atoms with E-state index >= 15 is 0 Å². The zero-order valence-electron chi connectivity index (χ0n) is 14.5. The van der Waals surface area contributed by atoms with Gasteiger partial charge in [-0.1, -0.05) is 46.9 Å². The number of nitrogens with one attached hydrogen (secondary N) is 2. The van der Waals surface area contributed by atoms with Crippen LogP contribution in [0.4, 0.5) is 4.39 Å². The molecule has 0 aromatic heterocycles. The van der Waals surface area contributed by atoms with Crippen LogP contribution in [0.2, 0.25) is 5.02 Å². The first kappa shape index (κ1) is 27.6. The third kappa shape index (κ3) is 9.41. The number of rotatable bonds is 7. The van der Waals surface area contributed by atoms with Crippen LogP contribution in [0.15, 0.2) is 46.2 Å². The fourth-order valence-electron chi connectivity index (χ4n) is 2.15. The van der Waals surface area contributed by atoms with Crippen LogP contribution in [0.1, 0.15) is 11.1 Å². The molecule has 0 aliphatic carbocycles. The molecule has 154 valence electrons. The average Bonchev–Trinajstić information content (AvgIpc) is 2.56. The lowest BCUT2D eigenvalue weighted by Gasteiger charge is -2.13. The molecule has 2 aromatic rings. The molecule has 11 heteroatoms. The van der Waals surface area contributed by atoms with Gasteiger partial charge in [0.2, 0.25) is 0 Å². The Hall–Kier alpha value is -0.390. The van der Waals surface area contributed by atoms with E-state index in [1.807, 2.05) is 18.2 Å². The Kier molecular flexibility index (Phi) is 13.6. The lowest BCUT2D eigenvalue weighted by molar-refractivity contribution is 0.625. The minimum absolute atomic E-state index is 0. The smallest absolute Gasteiger partial charge is 0.151 e. The Morgan fingerprint density at radius 1 is 0.929 bits per heavy atom. The van der Waals surface area contributed by atoms with E-state index in [1.54, 1.807) is 6.07 Å². The molecular formula is C17H20Br2ClFN4S3. The third-order valence-corrected chi connectivity index (χ3v) is 6.23. The van der Waals surface area contributed by atoms with Crippen LogP contribution in [0.5, 0.6) is 0 Å². The van der Waals surface area contributed by atoms with Crippen LogP contribution < -0.4 is 11.5 Å². The molecule has 0 aliphatic heterocycles. The number of amidine groups is 2. The summed E-state index contributed by atoms with van der Waals surface area (Å²) < 4.78 is 13.6. The first-order valence-electron chi connectivity index (χ1n) is 7.53. The van der Waals surface area contributed by atoms with Crippen molar-refractivity contribution >= 4 is 91.2 Å². The molecule has 4 nitrogen and oxygen atoms in total. The highest BCUT2D eigenvalue weighted by atomic mass is 79.9.